The lowest BCUT2D eigenvalue weighted by molar-refractivity contribution is -0.136. The number of aromatic nitrogens is 4. The van der Waals surface area contributed by atoms with Gasteiger partial charge in [0, 0.05) is 32.0 Å². The van der Waals surface area contributed by atoms with Crippen LogP contribution in [0.3, 0.4) is 0 Å². The van der Waals surface area contributed by atoms with Crippen molar-refractivity contribution in [1.82, 2.24) is 40.4 Å². The Labute approximate surface area is 435 Å². The Morgan fingerprint density at radius 3 is 1.49 bits per heavy atom. The number of methoxy groups -OCH3 is 1. The Kier molecular flexibility index (Phi) is 16.5. The van der Waals surface area contributed by atoms with Gasteiger partial charge in [-0.25, -0.2) is 19.6 Å². The minimum Gasteiger partial charge on any atom is -0.465 e. The normalized spacial score (nSPS) is 21.9. The van der Waals surface area contributed by atoms with Gasteiger partial charge in [0.25, 0.3) is 0 Å². The van der Waals surface area contributed by atoms with Gasteiger partial charge in [0.2, 0.25) is 11.8 Å². The number of hydrogen-bond acceptors (Lipinski definition) is 10. The molecule has 3 aliphatic rings. The molecule has 17 heteroatoms. The van der Waals surface area contributed by atoms with E-state index in [1.807, 2.05) is 52.6 Å². The van der Waals surface area contributed by atoms with Gasteiger partial charge in [-0.1, -0.05) is 109 Å². The molecule has 1 unspecified atom stereocenters. The van der Waals surface area contributed by atoms with Crippen LogP contribution >= 0.6 is 0 Å². The van der Waals surface area contributed by atoms with E-state index in [1.54, 1.807) is 11.1 Å². The lowest BCUT2D eigenvalue weighted by Crippen LogP contribution is -2.51. The van der Waals surface area contributed by atoms with Crippen LogP contribution in [0.1, 0.15) is 141 Å². The van der Waals surface area contributed by atoms with Gasteiger partial charge in [-0.2, -0.15) is 0 Å². The van der Waals surface area contributed by atoms with Gasteiger partial charge in [0.15, 0.2) is 0 Å². The van der Waals surface area contributed by atoms with E-state index in [9.17, 15) is 24.3 Å². The van der Waals surface area contributed by atoms with E-state index in [0.717, 1.165) is 65.0 Å². The second-order valence-electron chi connectivity index (χ2n) is 21.5. The molecule has 3 aromatic carbocycles. The number of likely N-dealkylation sites (tertiary alicyclic amines) is 2. The molecule has 0 spiro atoms. The molecule has 3 fully saturated rings. The number of nitrogens with zero attached hydrogens (tertiary/aromatic N) is 5. The number of anilines is 1. The summed E-state index contributed by atoms with van der Waals surface area (Å²) in [4.78, 5) is 74.0. The zero-order chi connectivity index (χ0) is 53.0. The van der Waals surface area contributed by atoms with E-state index >= 15 is 0 Å². The molecule has 4 amide bonds. The first-order valence-corrected chi connectivity index (χ1v) is 26.3. The summed E-state index contributed by atoms with van der Waals surface area (Å²) < 4.78 is 18.4. The third-order valence-corrected chi connectivity index (χ3v) is 14.9. The molecule has 5 aromatic rings. The number of carboxylic acid groups (broad SMARTS) is 1. The van der Waals surface area contributed by atoms with Crippen LogP contribution in [-0.4, -0.2) is 117 Å². The van der Waals surface area contributed by atoms with E-state index in [4.69, 9.17) is 24.2 Å². The number of carbonyl (C=O) groups is 4. The lowest BCUT2D eigenvalue weighted by atomic mass is 9.87. The van der Waals surface area contributed by atoms with Crippen LogP contribution in [0.15, 0.2) is 85.2 Å². The average molecular weight is 1010 g/mol. The molecule has 5 N–H and O–H groups in total. The van der Waals surface area contributed by atoms with Gasteiger partial charge in [0.05, 0.1) is 55.1 Å². The minimum absolute atomic E-state index is 0.0434. The van der Waals surface area contributed by atoms with Crippen LogP contribution in [0.5, 0.6) is 0 Å². The van der Waals surface area contributed by atoms with Crippen LogP contribution in [-0.2, 0) is 29.2 Å². The highest BCUT2D eigenvalue weighted by molar-refractivity contribution is 5.87. The van der Waals surface area contributed by atoms with Crippen LogP contribution in [0.25, 0.3) is 22.5 Å². The molecule has 0 radical (unpaired) electrons. The number of benzene rings is 3. The van der Waals surface area contributed by atoms with Crippen molar-refractivity contribution < 1.29 is 38.5 Å². The quantitative estimate of drug-likeness (QED) is 0.0592. The number of amides is 4. The van der Waals surface area contributed by atoms with Crippen molar-refractivity contribution in [2.45, 2.75) is 142 Å². The molecule has 5 heterocycles. The summed E-state index contributed by atoms with van der Waals surface area (Å²) in [6, 6.07) is 23.3. The predicted octanol–water partition coefficient (Wildman–Crippen LogP) is 9.88. The number of alkyl carbamates (subject to hydrolysis) is 1. The van der Waals surface area contributed by atoms with Gasteiger partial charge >= 0.3 is 12.2 Å². The maximum Gasteiger partial charge on any atom is 0.407 e. The van der Waals surface area contributed by atoms with Crippen molar-refractivity contribution in [1.29, 1.82) is 0 Å². The zero-order valence-corrected chi connectivity index (χ0v) is 44.6. The van der Waals surface area contributed by atoms with Crippen LogP contribution in [0.4, 0.5) is 15.3 Å². The van der Waals surface area contributed by atoms with E-state index < -0.39 is 24.3 Å². The largest absolute Gasteiger partial charge is 0.465 e. The number of hydrogen-bond donors (Lipinski definition) is 5. The molecule has 74 heavy (non-hydrogen) atoms. The smallest absolute Gasteiger partial charge is 0.407 e. The highest BCUT2D eigenvalue weighted by atomic mass is 16.5. The predicted molar refractivity (Wildman–Crippen MR) is 283 cm³/mol. The first-order valence-electron chi connectivity index (χ1n) is 26.3. The molecule has 8 atom stereocenters. The third-order valence-electron chi connectivity index (χ3n) is 14.9. The maximum absolute atomic E-state index is 13.9. The molecular formula is C57H75N9O8. The van der Waals surface area contributed by atoms with E-state index in [-0.39, 0.29) is 65.4 Å². The van der Waals surface area contributed by atoms with Gasteiger partial charge in [0.1, 0.15) is 35.9 Å². The SMILES string of the molecule is CCOC1[C@H](OCC)[C@H](c2ccc(-c3cnc([C@@H]4CCCN4C(=O)[C@@H](NC(=O)O)C(C)C)[nH]3)cc2)N(c2ccc(C(C)(C)C)cc2)[C@H]1c1ccc(-c2cnc([C@@H]3CCCN3C(=O)[C@@H](NC(=O)OC)C(C)C)[nH]2)cc1. The molecule has 0 aliphatic carbocycles. The zero-order valence-electron chi connectivity index (χ0n) is 44.6. The molecule has 0 bridgehead atoms. The second-order valence-corrected chi connectivity index (χ2v) is 21.5. The Morgan fingerprint density at radius 2 is 1.11 bits per heavy atom. The molecule has 3 saturated heterocycles. The van der Waals surface area contributed by atoms with Gasteiger partial charge in [-0.05, 0) is 96.7 Å². The second kappa shape index (κ2) is 22.8. The summed E-state index contributed by atoms with van der Waals surface area (Å²) in [5.74, 6) is 0.624. The molecule has 3 aliphatic heterocycles. The Bertz CT molecular complexity index is 2710. The van der Waals surface area contributed by atoms with Crippen molar-refractivity contribution >= 4 is 29.7 Å². The monoisotopic (exact) mass is 1010 g/mol. The topological polar surface area (TPSA) is 207 Å². The van der Waals surface area contributed by atoms with Crippen molar-refractivity contribution in [3.8, 4) is 22.5 Å². The molecule has 17 nitrogen and oxygen atoms in total. The van der Waals surface area contributed by atoms with E-state index in [2.05, 4.69) is 119 Å². The summed E-state index contributed by atoms with van der Waals surface area (Å²) in [5, 5.41) is 14.6. The Morgan fingerprint density at radius 1 is 0.676 bits per heavy atom. The summed E-state index contributed by atoms with van der Waals surface area (Å²) in [7, 11) is 1.29. The van der Waals surface area contributed by atoms with Gasteiger partial charge < -0.3 is 54.6 Å². The minimum atomic E-state index is -1.22. The Hall–Kier alpha value is -6.72. The first-order chi connectivity index (χ1) is 35.4. The van der Waals surface area contributed by atoms with Crippen LogP contribution in [0, 0.1) is 11.8 Å². The molecule has 0 saturated carbocycles. The van der Waals surface area contributed by atoms with E-state index in [0.29, 0.717) is 38.0 Å². The maximum atomic E-state index is 13.9. The van der Waals surface area contributed by atoms with Crippen molar-refractivity contribution in [2.75, 3.05) is 38.3 Å². The fourth-order valence-electron chi connectivity index (χ4n) is 11.1. The third kappa shape index (κ3) is 11.2. The molecule has 8 rings (SSSR count). The first kappa shape index (κ1) is 53.6. The summed E-state index contributed by atoms with van der Waals surface area (Å²) in [6.45, 7) is 20.3. The standard InChI is InChI=1S/C57H75N9O8/c1-11-73-49-47(37-21-17-35(18-22-37)41-31-58-51(60-41)43-15-13-29-64(43)53(67)45(33(3)4)62-55(69)70)66(40-27-25-39(26-28-40)57(7,8)9)48(50(49)74-12-2)38-23-19-36(20-24-38)42-32-59-52(61-42)44-16-14-30-65(44)54(68)46(34(5)6)63-56(71)72-10/h17-28,31-34,43-50,62H,11-16,29-30H2,1-10H3,(H,58,60)(H,59,61)(H,63,71)(H,69,70)/t43-,44-,45-,46-,47-,48-,49+,50?/m0/s1. The molecule has 2 aromatic heterocycles. The van der Waals surface area contributed by atoms with Crippen molar-refractivity contribution in [3.05, 3.63) is 114 Å². The number of H-pyrrole nitrogens is 2. The number of rotatable bonds is 17. The number of aromatic amines is 2. The van der Waals surface area contributed by atoms with Gasteiger partial charge in [-0.3, -0.25) is 9.59 Å². The summed E-state index contributed by atoms with van der Waals surface area (Å²) >= 11 is 0. The average Bonchev–Trinajstić information content (AvgIpc) is 4.25. The summed E-state index contributed by atoms with van der Waals surface area (Å²) in [5.41, 5.74) is 7.86. The van der Waals surface area contributed by atoms with Crippen molar-refractivity contribution in [3.63, 3.8) is 0 Å². The van der Waals surface area contributed by atoms with Crippen LogP contribution in [0.2, 0.25) is 0 Å². The molecule has 396 valence electrons. The van der Waals surface area contributed by atoms with Gasteiger partial charge in [-0.15, -0.1) is 0 Å². The molecular weight excluding hydrogens is 939 g/mol. The fourth-order valence-corrected chi connectivity index (χ4v) is 11.1. The number of ether oxygens (including phenoxy) is 3. The number of nitrogens with one attached hydrogen (secondary N) is 4. The fraction of sp³-hybridized carbons (Fsp3) is 0.509. The Balaban J connectivity index is 1.10. The summed E-state index contributed by atoms with van der Waals surface area (Å²) in [6.07, 6.45) is 4.16. The number of imidazole rings is 2. The van der Waals surface area contributed by atoms with Crippen molar-refractivity contribution in [2.24, 2.45) is 11.8 Å². The lowest BCUT2D eigenvalue weighted by Gasteiger charge is -2.34. The van der Waals surface area contributed by atoms with E-state index in [1.165, 1.54) is 12.7 Å². The highest BCUT2D eigenvalue weighted by Crippen LogP contribution is 2.50. The number of carbonyl (C=O) groups excluding carboxylic acids is 3. The van der Waals surface area contributed by atoms with Crippen LogP contribution < -0.4 is 15.5 Å². The highest BCUT2D eigenvalue weighted by Gasteiger charge is 2.52.